The fourth-order valence-electron chi connectivity index (χ4n) is 3.08. The molecular weight excluding hydrogens is 354 g/mol. The maximum absolute atomic E-state index is 12.9. The van der Waals surface area contributed by atoms with Crippen molar-refractivity contribution >= 4 is 34.4 Å². The number of fused-ring (bicyclic) bond motifs is 1. The van der Waals surface area contributed by atoms with Gasteiger partial charge >= 0.3 is 6.09 Å². The highest BCUT2D eigenvalue weighted by Gasteiger charge is 2.27. The van der Waals surface area contributed by atoms with Gasteiger partial charge in [-0.15, -0.1) is 0 Å². The number of benzene rings is 1. The summed E-state index contributed by atoms with van der Waals surface area (Å²) >= 11 is 6.40. The first kappa shape index (κ1) is 17.9. The molecule has 2 heterocycles. The van der Waals surface area contributed by atoms with Crippen molar-refractivity contribution in [1.29, 1.82) is 0 Å². The van der Waals surface area contributed by atoms with E-state index in [1.54, 1.807) is 0 Å². The van der Waals surface area contributed by atoms with Crippen LogP contribution in [-0.4, -0.2) is 21.2 Å². The maximum Gasteiger partial charge on any atom is 0.410 e. The van der Waals surface area contributed by atoms with Gasteiger partial charge in [0.05, 0.1) is 11.1 Å². The number of aromatic nitrogens is 2. The molecule has 0 aliphatic carbocycles. The average Bonchev–Trinajstić information content (AvgIpc) is 2.52. The molecule has 0 bridgehead atoms. The van der Waals surface area contributed by atoms with Gasteiger partial charge in [0, 0.05) is 11.5 Å². The van der Waals surface area contributed by atoms with Crippen molar-refractivity contribution in [3.8, 4) is 11.1 Å². The summed E-state index contributed by atoms with van der Waals surface area (Å²) in [4.78, 5) is 30.7. The predicted octanol–water partition coefficient (Wildman–Crippen LogP) is 4.63. The van der Waals surface area contributed by atoms with Crippen LogP contribution in [0.25, 0.3) is 22.0 Å². The Hall–Kier alpha value is -2.86. The lowest BCUT2D eigenvalue weighted by Gasteiger charge is -2.25. The first-order valence-corrected chi connectivity index (χ1v) is 8.38. The van der Waals surface area contributed by atoms with Crippen molar-refractivity contribution < 1.29 is 9.90 Å². The van der Waals surface area contributed by atoms with E-state index in [1.165, 1.54) is 6.07 Å². The van der Waals surface area contributed by atoms with Crippen LogP contribution in [0.1, 0.15) is 26.3 Å². The Labute approximate surface area is 154 Å². The summed E-state index contributed by atoms with van der Waals surface area (Å²) in [7, 11) is 0. The molecule has 1 aromatic carbocycles. The number of hydrogen-bond acceptors (Lipinski definition) is 3. The molecule has 3 N–H and O–H groups in total. The smallest absolute Gasteiger partial charge is 0.410 e. The van der Waals surface area contributed by atoms with E-state index < -0.39 is 11.5 Å². The van der Waals surface area contributed by atoms with Gasteiger partial charge in [-0.1, -0.05) is 62.7 Å². The second-order valence-electron chi connectivity index (χ2n) is 6.97. The molecular formula is C19H18ClN3O3. The Balaban J connectivity index is 2.44. The molecule has 3 rings (SSSR count). The van der Waals surface area contributed by atoms with Crippen LogP contribution in [0.5, 0.6) is 0 Å². The van der Waals surface area contributed by atoms with Crippen molar-refractivity contribution in [2.24, 2.45) is 0 Å². The summed E-state index contributed by atoms with van der Waals surface area (Å²) in [5.41, 5.74) is 1.85. The molecule has 0 atom stereocenters. The predicted molar refractivity (Wildman–Crippen MR) is 103 cm³/mol. The standard InChI is InChI=1S/C19H18ClN3O3/c1-19(2,3)15-13(10-7-5-4-6-8-10)17(24)21-11-9-12(23-18(25)26)22-16(20)14(11)15/h4-9H,1-3H3,(H,21,24)(H,22,23)(H,25,26). The highest BCUT2D eigenvalue weighted by atomic mass is 35.5. The summed E-state index contributed by atoms with van der Waals surface area (Å²) in [6.07, 6.45) is -1.26. The lowest BCUT2D eigenvalue weighted by molar-refractivity contribution is 0.209. The van der Waals surface area contributed by atoms with E-state index in [2.05, 4.69) is 15.3 Å². The number of pyridine rings is 2. The van der Waals surface area contributed by atoms with E-state index in [0.717, 1.165) is 11.1 Å². The number of H-pyrrole nitrogens is 1. The fraction of sp³-hybridized carbons (Fsp3) is 0.211. The number of nitrogens with zero attached hydrogens (tertiary/aromatic N) is 1. The quantitative estimate of drug-likeness (QED) is 0.572. The second-order valence-corrected chi connectivity index (χ2v) is 7.33. The zero-order chi connectivity index (χ0) is 19.1. The van der Waals surface area contributed by atoms with Crippen molar-refractivity contribution in [2.45, 2.75) is 26.2 Å². The van der Waals surface area contributed by atoms with Crippen LogP contribution in [0.4, 0.5) is 10.6 Å². The van der Waals surface area contributed by atoms with Gasteiger partial charge in [0.2, 0.25) is 0 Å². The first-order chi connectivity index (χ1) is 12.2. The van der Waals surface area contributed by atoms with Crippen molar-refractivity contribution in [1.82, 2.24) is 9.97 Å². The number of carboxylic acid groups (broad SMARTS) is 1. The Morgan fingerprint density at radius 3 is 2.46 bits per heavy atom. The molecule has 0 unspecified atom stereocenters. The average molecular weight is 372 g/mol. The lowest BCUT2D eigenvalue weighted by atomic mass is 9.80. The van der Waals surface area contributed by atoms with E-state index in [1.807, 2.05) is 51.1 Å². The van der Waals surface area contributed by atoms with Crippen LogP contribution >= 0.6 is 11.6 Å². The minimum absolute atomic E-state index is 0.0537. The largest absolute Gasteiger partial charge is 0.465 e. The monoisotopic (exact) mass is 371 g/mol. The van der Waals surface area contributed by atoms with Gasteiger partial charge in [-0.2, -0.15) is 0 Å². The molecule has 3 aromatic rings. The number of amides is 1. The third-order valence-electron chi connectivity index (χ3n) is 4.00. The molecule has 1 amide bonds. The summed E-state index contributed by atoms with van der Waals surface area (Å²) in [6, 6.07) is 10.8. The SMILES string of the molecule is CC(C)(C)c1c(-c2ccccc2)c(=O)[nH]c2cc(NC(=O)O)nc(Cl)c12. The summed E-state index contributed by atoms with van der Waals surface area (Å²) in [5, 5.41) is 11.8. The molecule has 0 aliphatic heterocycles. The van der Waals surface area contributed by atoms with E-state index in [0.29, 0.717) is 16.5 Å². The fourth-order valence-corrected chi connectivity index (χ4v) is 3.36. The number of rotatable bonds is 2. The van der Waals surface area contributed by atoms with Gasteiger partial charge in [-0.05, 0) is 16.5 Å². The van der Waals surface area contributed by atoms with Crippen LogP contribution in [0.15, 0.2) is 41.2 Å². The molecule has 26 heavy (non-hydrogen) atoms. The van der Waals surface area contributed by atoms with Gasteiger partial charge in [-0.3, -0.25) is 10.1 Å². The van der Waals surface area contributed by atoms with Crippen LogP contribution in [0.3, 0.4) is 0 Å². The third kappa shape index (κ3) is 3.28. The van der Waals surface area contributed by atoms with Gasteiger partial charge in [-0.25, -0.2) is 9.78 Å². The molecule has 0 radical (unpaired) electrons. The normalized spacial score (nSPS) is 11.5. The molecule has 0 spiro atoms. The first-order valence-electron chi connectivity index (χ1n) is 8.01. The lowest BCUT2D eigenvalue weighted by Crippen LogP contribution is -2.22. The zero-order valence-corrected chi connectivity index (χ0v) is 15.3. The molecule has 0 fully saturated rings. The Bertz CT molecular complexity index is 1050. The Kier molecular flexibility index (Phi) is 4.46. The van der Waals surface area contributed by atoms with Gasteiger partial charge < -0.3 is 10.1 Å². The topological polar surface area (TPSA) is 95.1 Å². The zero-order valence-electron chi connectivity index (χ0n) is 14.6. The van der Waals surface area contributed by atoms with Crippen molar-refractivity contribution in [3.05, 3.63) is 57.5 Å². The number of carbonyl (C=O) groups is 1. The van der Waals surface area contributed by atoms with Crippen LogP contribution in [-0.2, 0) is 5.41 Å². The number of aromatic amines is 1. The minimum atomic E-state index is -1.26. The summed E-state index contributed by atoms with van der Waals surface area (Å²) in [5.74, 6) is 0.0537. The number of halogens is 1. The molecule has 0 saturated carbocycles. The highest BCUT2D eigenvalue weighted by Crippen LogP contribution is 2.38. The maximum atomic E-state index is 12.9. The van der Waals surface area contributed by atoms with E-state index >= 15 is 0 Å². The third-order valence-corrected chi connectivity index (χ3v) is 4.27. The van der Waals surface area contributed by atoms with Gasteiger partial charge in [0.25, 0.3) is 5.56 Å². The minimum Gasteiger partial charge on any atom is -0.465 e. The number of nitrogens with one attached hydrogen (secondary N) is 2. The van der Waals surface area contributed by atoms with Gasteiger partial charge in [0.1, 0.15) is 11.0 Å². The second kappa shape index (κ2) is 6.46. The summed E-state index contributed by atoms with van der Waals surface area (Å²) < 4.78 is 0. The summed E-state index contributed by atoms with van der Waals surface area (Å²) in [6.45, 7) is 5.98. The van der Waals surface area contributed by atoms with Crippen molar-refractivity contribution in [2.75, 3.05) is 5.32 Å². The highest BCUT2D eigenvalue weighted by molar-refractivity contribution is 6.34. The van der Waals surface area contributed by atoms with E-state index in [4.69, 9.17) is 16.7 Å². The van der Waals surface area contributed by atoms with Crippen molar-refractivity contribution in [3.63, 3.8) is 0 Å². The van der Waals surface area contributed by atoms with E-state index in [9.17, 15) is 9.59 Å². The van der Waals surface area contributed by atoms with E-state index in [-0.39, 0.29) is 16.5 Å². The van der Waals surface area contributed by atoms with Gasteiger partial charge in [0.15, 0.2) is 0 Å². The number of hydrogen-bond donors (Lipinski definition) is 3. The van der Waals surface area contributed by atoms with Crippen LogP contribution in [0, 0.1) is 0 Å². The molecule has 6 nitrogen and oxygen atoms in total. The molecule has 7 heteroatoms. The number of anilines is 1. The van der Waals surface area contributed by atoms with Crippen LogP contribution < -0.4 is 10.9 Å². The molecule has 2 aromatic heterocycles. The van der Waals surface area contributed by atoms with Crippen LogP contribution in [0.2, 0.25) is 5.15 Å². The molecule has 0 saturated heterocycles. The Morgan fingerprint density at radius 2 is 1.88 bits per heavy atom. The molecule has 0 aliphatic rings. The molecule has 134 valence electrons. The Morgan fingerprint density at radius 1 is 1.23 bits per heavy atom.